The van der Waals surface area contributed by atoms with Gasteiger partial charge in [-0.1, -0.05) is 13.8 Å². The van der Waals surface area contributed by atoms with Crippen molar-refractivity contribution in [1.29, 1.82) is 0 Å². The Morgan fingerprint density at radius 1 is 1.15 bits per heavy atom. The highest BCUT2D eigenvalue weighted by Crippen LogP contribution is 2.81. The molecule has 0 aromatic heterocycles. The molecule has 1 heterocycles. The highest BCUT2D eigenvalue weighted by molar-refractivity contribution is 5.35. The van der Waals surface area contributed by atoms with Crippen molar-refractivity contribution >= 4 is 0 Å². The maximum absolute atomic E-state index is 6.26. The van der Waals surface area contributed by atoms with Gasteiger partial charge in [0.1, 0.15) is 5.60 Å². The van der Waals surface area contributed by atoms with Gasteiger partial charge < -0.3 is 4.74 Å². The van der Waals surface area contributed by atoms with Crippen LogP contribution in [0.5, 0.6) is 0 Å². The average Bonchev–Trinajstić information content (AvgIpc) is 2.36. The van der Waals surface area contributed by atoms with E-state index in [4.69, 9.17) is 4.74 Å². The third-order valence-corrected chi connectivity index (χ3v) is 5.68. The lowest BCUT2D eigenvalue weighted by Crippen LogP contribution is -2.38. The van der Waals surface area contributed by atoms with Gasteiger partial charge in [-0.3, -0.25) is 0 Å². The first-order valence-electron chi connectivity index (χ1n) is 5.82. The Morgan fingerprint density at radius 2 is 2.00 bits per heavy atom. The molecule has 4 unspecified atom stereocenters. The minimum Gasteiger partial charge on any atom is -0.362 e. The van der Waals surface area contributed by atoms with Crippen molar-refractivity contribution in [3.05, 3.63) is 0 Å². The molecule has 4 rings (SSSR count). The van der Waals surface area contributed by atoms with Crippen LogP contribution in [0.3, 0.4) is 0 Å². The summed E-state index contributed by atoms with van der Waals surface area (Å²) in [5.74, 6) is 1.98. The van der Waals surface area contributed by atoms with Crippen LogP contribution in [-0.2, 0) is 4.74 Å². The first kappa shape index (κ1) is 7.28. The van der Waals surface area contributed by atoms with E-state index in [2.05, 4.69) is 13.8 Å². The normalized spacial score (nSPS) is 65.1. The van der Waals surface area contributed by atoms with Crippen molar-refractivity contribution in [3.63, 3.8) is 0 Å². The minimum atomic E-state index is 0.364. The largest absolute Gasteiger partial charge is 0.362 e. The van der Waals surface area contributed by atoms with Crippen molar-refractivity contribution in [2.45, 2.75) is 57.2 Å². The summed E-state index contributed by atoms with van der Waals surface area (Å²) in [6.45, 7) is 4.87. The molecule has 0 amide bonds. The molecule has 3 aliphatic carbocycles. The molecular weight excluding hydrogens is 160 g/mol. The van der Waals surface area contributed by atoms with Crippen molar-refractivity contribution in [2.75, 3.05) is 0 Å². The van der Waals surface area contributed by atoms with Crippen LogP contribution in [0.15, 0.2) is 0 Å². The van der Waals surface area contributed by atoms with E-state index in [1.165, 1.54) is 32.1 Å². The second kappa shape index (κ2) is 1.60. The molecule has 72 valence electrons. The molecule has 1 heteroatoms. The molecule has 2 spiro atoms. The van der Waals surface area contributed by atoms with Gasteiger partial charge in [0.15, 0.2) is 0 Å². The van der Waals surface area contributed by atoms with Crippen LogP contribution in [0, 0.1) is 17.3 Å². The Kier molecular flexibility index (Phi) is 0.896. The van der Waals surface area contributed by atoms with Gasteiger partial charge in [0.05, 0.1) is 5.60 Å². The van der Waals surface area contributed by atoms with Crippen molar-refractivity contribution in [2.24, 2.45) is 17.3 Å². The van der Waals surface area contributed by atoms with Crippen LogP contribution in [-0.4, -0.2) is 11.2 Å². The van der Waals surface area contributed by atoms with Crippen LogP contribution in [0.1, 0.15) is 46.0 Å². The predicted octanol–water partition coefficient (Wildman–Crippen LogP) is 2.74. The highest BCUT2D eigenvalue weighted by Gasteiger charge is 2.87. The van der Waals surface area contributed by atoms with E-state index in [0.717, 1.165) is 11.8 Å². The van der Waals surface area contributed by atoms with Crippen molar-refractivity contribution in [1.82, 2.24) is 0 Å². The standard InChI is InChI=1S/C12H18O/c1-10(2)5-4-9-8-3-6-11(7-8)12(9,10)13-11/h8-9H,3-7H2,1-2H3. The monoisotopic (exact) mass is 178 g/mol. The highest BCUT2D eigenvalue weighted by atomic mass is 16.6. The molecule has 13 heavy (non-hydrogen) atoms. The molecule has 0 aromatic rings. The fourth-order valence-electron chi connectivity index (χ4n) is 5.25. The molecule has 4 fully saturated rings. The maximum Gasteiger partial charge on any atom is 0.106 e. The summed E-state index contributed by atoms with van der Waals surface area (Å²) in [5.41, 5.74) is 1.23. The fraction of sp³-hybridized carbons (Fsp3) is 1.00. The maximum atomic E-state index is 6.26. The SMILES string of the molecule is CC1(C)CCC2C3CCC4(C3)OC214. The van der Waals surface area contributed by atoms with Crippen LogP contribution < -0.4 is 0 Å². The smallest absolute Gasteiger partial charge is 0.106 e. The minimum absolute atomic E-state index is 0.364. The summed E-state index contributed by atoms with van der Waals surface area (Å²) in [5, 5.41) is 0. The van der Waals surface area contributed by atoms with Gasteiger partial charge in [-0.2, -0.15) is 0 Å². The summed E-state index contributed by atoms with van der Waals surface area (Å²) >= 11 is 0. The molecule has 0 N–H and O–H groups in total. The third kappa shape index (κ3) is 0.495. The summed E-state index contributed by atoms with van der Waals surface area (Å²) in [7, 11) is 0. The Labute approximate surface area is 79.8 Å². The molecule has 4 aliphatic rings. The van der Waals surface area contributed by atoms with Gasteiger partial charge in [0, 0.05) is 0 Å². The zero-order valence-electron chi connectivity index (χ0n) is 8.60. The van der Waals surface area contributed by atoms with Gasteiger partial charge in [-0.25, -0.2) is 0 Å². The van der Waals surface area contributed by atoms with Crippen LogP contribution in [0.25, 0.3) is 0 Å². The van der Waals surface area contributed by atoms with Gasteiger partial charge in [0.25, 0.3) is 0 Å². The van der Waals surface area contributed by atoms with E-state index in [1.807, 2.05) is 0 Å². The molecule has 1 aliphatic heterocycles. The fourth-order valence-corrected chi connectivity index (χ4v) is 5.25. The van der Waals surface area contributed by atoms with E-state index >= 15 is 0 Å². The van der Waals surface area contributed by atoms with Gasteiger partial charge in [-0.05, 0) is 49.4 Å². The summed E-state index contributed by atoms with van der Waals surface area (Å²) < 4.78 is 6.26. The molecule has 1 nitrogen and oxygen atoms in total. The number of hydrogen-bond acceptors (Lipinski definition) is 1. The Morgan fingerprint density at radius 3 is 2.77 bits per heavy atom. The van der Waals surface area contributed by atoms with E-state index in [9.17, 15) is 0 Å². The molecule has 0 aromatic carbocycles. The predicted molar refractivity (Wildman–Crippen MR) is 50.4 cm³/mol. The Balaban J connectivity index is 1.90. The summed E-state index contributed by atoms with van der Waals surface area (Å²) in [4.78, 5) is 0. The number of hydrogen-bond donors (Lipinski definition) is 0. The van der Waals surface area contributed by atoms with Gasteiger partial charge in [0.2, 0.25) is 0 Å². The first-order valence-corrected chi connectivity index (χ1v) is 5.82. The molecule has 1 saturated heterocycles. The molecule has 0 radical (unpaired) electrons. The van der Waals surface area contributed by atoms with E-state index < -0.39 is 0 Å². The van der Waals surface area contributed by atoms with Gasteiger partial charge >= 0.3 is 0 Å². The zero-order chi connectivity index (χ0) is 8.90. The third-order valence-electron chi connectivity index (χ3n) is 5.68. The molecule has 2 bridgehead atoms. The Hall–Kier alpha value is -0.0400. The van der Waals surface area contributed by atoms with E-state index in [1.54, 1.807) is 0 Å². The second-order valence-electron chi connectivity index (χ2n) is 6.36. The van der Waals surface area contributed by atoms with Crippen LogP contribution in [0.4, 0.5) is 0 Å². The Bertz CT molecular complexity index is 295. The van der Waals surface area contributed by atoms with E-state index in [0.29, 0.717) is 16.6 Å². The molecule has 4 atom stereocenters. The molecular formula is C12H18O. The number of rotatable bonds is 0. The number of fused-ring (bicyclic) bond motifs is 2. The lowest BCUT2D eigenvalue weighted by molar-refractivity contribution is 0.103. The lowest BCUT2D eigenvalue weighted by Gasteiger charge is -2.30. The van der Waals surface area contributed by atoms with Crippen LogP contribution in [0.2, 0.25) is 0 Å². The second-order valence-corrected chi connectivity index (χ2v) is 6.36. The van der Waals surface area contributed by atoms with Crippen LogP contribution >= 0.6 is 0 Å². The van der Waals surface area contributed by atoms with E-state index in [-0.39, 0.29) is 0 Å². The first-order chi connectivity index (χ1) is 6.11. The zero-order valence-corrected chi connectivity index (χ0v) is 8.60. The summed E-state index contributed by atoms with van der Waals surface area (Å²) in [6.07, 6.45) is 7.08. The quantitative estimate of drug-likeness (QED) is 0.520. The van der Waals surface area contributed by atoms with Crippen molar-refractivity contribution in [3.8, 4) is 0 Å². The average molecular weight is 178 g/mol. The van der Waals surface area contributed by atoms with Gasteiger partial charge in [-0.15, -0.1) is 0 Å². The number of ether oxygens (including phenoxy) is 1. The lowest BCUT2D eigenvalue weighted by atomic mass is 9.71. The number of epoxide rings is 1. The summed E-state index contributed by atoms with van der Waals surface area (Å²) in [6, 6.07) is 0. The topological polar surface area (TPSA) is 12.5 Å². The molecule has 3 saturated carbocycles. The van der Waals surface area contributed by atoms with Crippen molar-refractivity contribution < 1.29 is 4.74 Å².